The molecule has 0 radical (unpaired) electrons. The van der Waals surface area contributed by atoms with Crippen LogP contribution in [0.4, 0.5) is 11.4 Å². The highest BCUT2D eigenvalue weighted by molar-refractivity contribution is 7.80. The molecule has 0 spiro atoms. The minimum absolute atomic E-state index is 0.00340. The zero-order chi connectivity index (χ0) is 16.7. The molecule has 0 aromatic heterocycles. The number of hydrogen-bond donors (Lipinski definition) is 2. The molecule has 0 saturated carbocycles. The first-order chi connectivity index (χ1) is 11.1. The number of nitro benzene ring substituents is 1. The van der Waals surface area contributed by atoms with Gasteiger partial charge in [-0.05, 0) is 24.4 Å². The van der Waals surface area contributed by atoms with Crippen molar-refractivity contribution in [3.05, 3.63) is 64.2 Å². The maximum absolute atomic E-state index is 10.7. The lowest BCUT2D eigenvalue weighted by molar-refractivity contribution is -0.384. The molecule has 8 heteroatoms. The number of thiocarbonyl (C=S) groups is 1. The van der Waals surface area contributed by atoms with Gasteiger partial charge in [0.15, 0.2) is 5.11 Å². The monoisotopic (exact) mass is 330 g/mol. The Labute approximate surface area is 138 Å². The zero-order valence-electron chi connectivity index (χ0n) is 12.2. The minimum atomic E-state index is -0.460. The second-order valence-electron chi connectivity index (χ2n) is 4.38. The average molecular weight is 330 g/mol. The molecule has 0 amide bonds. The molecule has 0 saturated heterocycles. The van der Waals surface area contributed by atoms with Crippen LogP contribution in [-0.4, -0.2) is 23.4 Å². The lowest BCUT2D eigenvalue weighted by Crippen LogP contribution is -2.24. The third-order valence-corrected chi connectivity index (χ3v) is 3.01. The lowest BCUT2D eigenvalue weighted by atomic mass is 10.2. The van der Waals surface area contributed by atoms with Crippen LogP contribution in [0.1, 0.15) is 5.56 Å². The topological polar surface area (TPSA) is 88.8 Å². The predicted octanol–water partition coefficient (Wildman–Crippen LogP) is 2.92. The lowest BCUT2D eigenvalue weighted by Gasteiger charge is -2.10. The molecule has 2 N–H and O–H groups in total. The molecule has 2 rings (SSSR count). The smallest absolute Gasteiger partial charge is 0.270 e. The van der Waals surface area contributed by atoms with Gasteiger partial charge in [0, 0.05) is 17.7 Å². The Kier molecular flexibility index (Phi) is 5.59. The van der Waals surface area contributed by atoms with Crippen LogP contribution >= 0.6 is 12.2 Å². The summed E-state index contributed by atoms with van der Waals surface area (Å²) in [6.45, 7) is 0. The van der Waals surface area contributed by atoms with Gasteiger partial charge in [-0.3, -0.25) is 15.5 Å². The highest BCUT2D eigenvalue weighted by Gasteiger charge is 2.04. The first-order valence-electron chi connectivity index (χ1n) is 6.57. The van der Waals surface area contributed by atoms with Gasteiger partial charge in [0.25, 0.3) is 5.69 Å². The van der Waals surface area contributed by atoms with Gasteiger partial charge < -0.3 is 10.1 Å². The Morgan fingerprint density at radius 1 is 1.30 bits per heavy atom. The van der Waals surface area contributed by atoms with Crippen molar-refractivity contribution in [2.75, 3.05) is 12.4 Å². The first kappa shape index (κ1) is 16.4. The summed E-state index contributed by atoms with van der Waals surface area (Å²) in [4.78, 5) is 10.2. The number of nitrogens with one attached hydrogen (secondary N) is 2. The summed E-state index contributed by atoms with van der Waals surface area (Å²) in [5.41, 5.74) is 3.94. The van der Waals surface area contributed by atoms with Gasteiger partial charge in [-0.2, -0.15) is 5.10 Å². The summed E-state index contributed by atoms with van der Waals surface area (Å²) in [6.07, 6.45) is 1.45. The van der Waals surface area contributed by atoms with E-state index in [2.05, 4.69) is 15.8 Å². The summed E-state index contributed by atoms with van der Waals surface area (Å²) in [7, 11) is 1.57. The van der Waals surface area contributed by atoms with Gasteiger partial charge >= 0.3 is 0 Å². The molecule has 0 atom stereocenters. The first-order valence-corrected chi connectivity index (χ1v) is 6.98. The Hall–Kier alpha value is -3.00. The number of hydrazone groups is 1. The fourth-order valence-corrected chi connectivity index (χ4v) is 1.94. The van der Waals surface area contributed by atoms with Crippen LogP contribution in [0.2, 0.25) is 0 Å². The number of nitro groups is 1. The SMILES string of the molecule is COc1ccccc1NC(=S)N/N=C/c1cccc([N+](=O)[O-])c1. The Balaban J connectivity index is 1.96. The van der Waals surface area contributed by atoms with E-state index in [0.29, 0.717) is 17.0 Å². The van der Waals surface area contributed by atoms with E-state index in [1.165, 1.54) is 18.3 Å². The summed E-state index contributed by atoms with van der Waals surface area (Å²) in [5, 5.41) is 17.9. The van der Waals surface area contributed by atoms with Crippen molar-refractivity contribution in [3.63, 3.8) is 0 Å². The summed E-state index contributed by atoms with van der Waals surface area (Å²) < 4.78 is 5.20. The van der Waals surface area contributed by atoms with Crippen molar-refractivity contribution in [3.8, 4) is 5.75 Å². The summed E-state index contributed by atoms with van der Waals surface area (Å²) in [6, 6.07) is 13.4. The van der Waals surface area contributed by atoms with Crippen molar-refractivity contribution in [2.24, 2.45) is 5.10 Å². The fourth-order valence-electron chi connectivity index (χ4n) is 1.78. The van der Waals surface area contributed by atoms with E-state index in [-0.39, 0.29) is 10.8 Å². The molecule has 0 unspecified atom stereocenters. The molecule has 23 heavy (non-hydrogen) atoms. The number of nitrogens with zero attached hydrogens (tertiary/aromatic N) is 2. The third-order valence-electron chi connectivity index (χ3n) is 2.82. The molecule has 0 aliphatic heterocycles. The quantitative estimate of drug-likeness (QED) is 0.379. The van der Waals surface area contributed by atoms with Gasteiger partial charge in [-0.1, -0.05) is 24.3 Å². The number of rotatable bonds is 5. The number of anilines is 1. The Morgan fingerprint density at radius 3 is 2.83 bits per heavy atom. The number of ether oxygens (including phenoxy) is 1. The molecule has 0 fully saturated rings. The molecular weight excluding hydrogens is 316 g/mol. The summed E-state index contributed by atoms with van der Waals surface area (Å²) >= 11 is 5.13. The third kappa shape index (κ3) is 4.75. The molecule has 0 aliphatic rings. The van der Waals surface area contributed by atoms with Crippen molar-refractivity contribution < 1.29 is 9.66 Å². The van der Waals surface area contributed by atoms with Gasteiger partial charge in [0.05, 0.1) is 23.9 Å². The maximum Gasteiger partial charge on any atom is 0.270 e. The van der Waals surface area contributed by atoms with Gasteiger partial charge in [0.1, 0.15) is 5.75 Å². The minimum Gasteiger partial charge on any atom is -0.495 e. The molecule has 118 valence electrons. The average Bonchev–Trinajstić information content (AvgIpc) is 2.55. The molecule has 0 bridgehead atoms. The van der Waals surface area contributed by atoms with Gasteiger partial charge in [0.2, 0.25) is 0 Å². The van der Waals surface area contributed by atoms with Gasteiger partial charge in [-0.25, -0.2) is 0 Å². The largest absolute Gasteiger partial charge is 0.495 e. The van der Waals surface area contributed by atoms with Crippen LogP contribution in [0, 0.1) is 10.1 Å². The molecule has 0 aliphatic carbocycles. The maximum atomic E-state index is 10.7. The van der Waals surface area contributed by atoms with E-state index in [1.54, 1.807) is 25.3 Å². The number of non-ortho nitro benzene ring substituents is 1. The van der Waals surface area contributed by atoms with E-state index in [0.717, 1.165) is 0 Å². The van der Waals surface area contributed by atoms with E-state index >= 15 is 0 Å². The second-order valence-corrected chi connectivity index (χ2v) is 4.78. The van der Waals surface area contributed by atoms with E-state index in [1.807, 2.05) is 18.2 Å². The number of para-hydroxylation sites is 2. The zero-order valence-corrected chi connectivity index (χ0v) is 13.0. The standard InChI is InChI=1S/C15H14N4O3S/c1-22-14-8-3-2-7-13(14)17-15(23)18-16-10-11-5-4-6-12(9-11)19(20)21/h2-10H,1H3,(H2,17,18,23)/b16-10+. The van der Waals surface area contributed by atoms with E-state index in [4.69, 9.17) is 17.0 Å². The Morgan fingerprint density at radius 2 is 2.09 bits per heavy atom. The second kappa shape index (κ2) is 7.85. The van der Waals surface area contributed by atoms with Crippen LogP contribution < -0.4 is 15.5 Å². The van der Waals surface area contributed by atoms with Crippen LogP contribution in [-0.2, 0) is 0 Å². The van der Waals surface area contributed by atoms with E-state index in [9.17, 15) is 10.1 Å². The van der Waals surface area contributed by atoms with Crippen molar-refractivity contribution in [1.29, 1.82) is 0 Å². The number of benzene rings is 2. The van der Waals surface area contributed by atoms with Crippen molar-refractivity contribution in [2.45, 2.75) is 0 Å². The summed E-state index contributed by atoms with van der Waals surface area (Å²) in [5.74, 6) is 0.652. The van der Waals surface area contributed by atoms with Gasteiger partial charge in [-0.15, -0.1) is 0 Å². The predicted molar refractivity (Wildman–Crippen MR) is 93.0 cm³/mol. The normalized spacial score (nSPS) is 10.3. The number of methoxy groups -OCH3 is 1. The van der Waals surface area contributed by atoms with Crippen LogP contribution in [0.25, 0.3) is 0 Å². The molecule has 2 aromatic rings. The van der Waals surface area contributed by atoms with Crippen molar-refractivity contribution in [1.82, 2.24) is 5.43 Å². The number of hydrogen-bond acceptors (Lipinski definition) is 5. The van der Waals surface area contributed by atoms with Crippen LogP contribution in [0.15, 0.2) is 53.6 Å². The van der Waals surface area contributed by atoms with E-state index < -0.39 is 4.92 Å². The van der Waals surface area contributed by atoms with Crippen LogP contribution in [0.3, 0.4) is 0 Å². The van der Waals surface area contributed by atoms with Crippen LogP contribution in [0.5, 0.6) is 5.75 Å². The Bertz CT molecular complexity index is 749. The molecule has 2 aromatic carbocycles. The molecular formula is C15H14N4O3S. The fraction of sp³-hybridized carbons (Fsp3) is 0.0667. The molecule has 0 heterocycles. The highest BCUT2D eigenvalue weighted by atomic mass is 32.1. The highest BCUT2D eigenvalue weighted by Crippen LogP contribution is 2.22. The molecule has 7 nitrogen and oxygen atoms in total. The van der Waals surface area contributed by atoms with Crippen molar-refractivity contribution >= 4 is 34.9 Å².